The lowest BCUT2D eigenvalue weighted by Crippen LogP contribution is -2.42. The molecule has 20 heavy (non-hydrogen) atoms. The van der Waals surface area contributed by atoms with Crippen molar-refractivity contribution >= 4 is 17.8 Å². The van der Waals surface area contributed by atoms with Gasteiger partial charge in [-0.25, -0.2) is 4.79 Å². The van der Waals surface area contributed by atoms with E-state index in [1.165, 1.54) is 7.11 Å². The number of carboxylic acids is 1. The van der Waals surface area contributed by atoms with Crippen LogP contribution in [0.2, 0.25) is 0 Å². The minimum absolute atomic E-state index is 0.109. The van der Waals surface area contributed by atoms with Crippen LogP contribution in [0.5, 0.6) is 0 Å². The number of methoxy groups -OCH3 is 1. The molecule has 0 rings (SSSR count). The number of carboxylic acid groups (broad SMARTS) is 1. The fourth-order valence-corrected chi connectivity index (χ4v) is 2.14. The minimum atomic E-state index is -1.24. The first kappa shape index (κ1) is 18.4. The zero-order valence-corrected chi connectivity index (χ0v) is 12.9. The Labute approximate surface area is 119 Å². The van der Waals surface area contributed by atoms with Gasteiger partial charge in [0.1, 0.15) is 6.04 Å². The van der Waals surface area contributed by atoms with E-state index in [0.717, 1.165) is 6.42 Å². The van der Waals surface area contributed by atoms with Crippen LogP contribution in [0, 0.1) is 11.3 Å². The van der Waals surface area contributed by atoms with E-state index in [2.05, 4.69) is 30.8 Å². The molecule has 1 amide bonds. The van der Waals surface area contributed by atoms with Gasteiger partial charge in [-0.1, -0.05) is 27.7 Å². The van der Waals surface area contributed by atoms with E-state index < -0.39 is 18.0 Å². The molecule has 0 fully saturated rings. The molecule has 0 aromatic rings. The third-order valence-corrected chi connectivity index (χ3v) is 2.73. The van der Waals surface area contributed by atoms with Crippen molar-refractivity contribution in [2.45, 2.75) is 53.0 Å². The first-order chi connectivity index (χ1) is 9.05. The number of carbonyl (C=O) groups is 3. The molecule has 1 unspecified atom stereocenters. The molecular weight excluding hydrogens is 262 g/mol. The molecule has 0 heterocycles. The Morgan fingerprint density at radius 3 is 2.15 bits per heavy atom. The van der Waals surface area contributed by atoms with Gasteiger partial charge in [-0.2, -0.15) is 0 Å². The fraction of sp³-hybridized carbons (Fsp3) is 0.786. The average molecular weight is 287 g/mol. The molecule has 0 radical (unpaired) electrons. The van der Waals surface area contributed by atoms with Crippen molar-refractivity contribution in [1.29, 1.82) is 0 Å². The van der Waals surface area contributed by atoms with Crippen molar-refractivity contribution in [3.8, 4) is 0 Å². The zero-order valence-electron chi connectivity index (χ0n) is 12.9. The third-order valence-electron chi connectivity index (χ3n) is 2.73. The van der Waals surface area contributed by atoms with E-state index in [0.29, 0.717) is 0 Å². The summed E-state index contributed by atoms with van der Waals surface area (Å²) in [5.74, 6) is -2.13. The summed E-state index contributed by atoms with van der Waals surface area (Å²) in [6, 6.07) is -1.24. The number of hydrogen-bond acceptors (Lipinski definition) is 4. The van der Waals surface area contributed by atoms with Crippen LogP contribution in [-0.4, -0.2) is 36.1 Å². The maximum Gasteiger partial charge on any atom is 0.326 e. The Bertz CT molecular complexity index is 359. The smallest absolute Gasteiger partial charge is 0.326 e. The van der Waals surface area contributed by atoms with E-state index in [9.17, 15) is 14.4 Å². The van der Waals surface area contributed by atoms with Crippen LogP contribution >= 0.6 is 0 Å². The number of rotatable bonds is 7. The highest BCUT2D eigenvalue weighted by Crippen LogP contribution is 2.25. The second-order valence-electron chi connectivity index (χ2n) is 6.31. The summed E-state index contributed by atoms with van der Waals surface area (Å²) in [4.78, 5) is 33.9. The molecule has 0 aromatic carbocycles. The molecule has 0 aliphatic heterocycles. The van der Waals surface area contributed by atoms with E-state index in [1.54, 1.807) is 0 Å². The second-order valence-corrected chi connectivity index (χ2v) is 6.31. The number of esters is 1. The largest absolute Gasteiger partial charge is 0.480 e. The number of nitrogens with one attached hydrogen (secondary N) is 1. The van der Waals surface area contributed by atoms with E-state index in [4.69, 9.17) is 5.11 Å². The van der Waals surface area contributed by atoms with Gasteiger partial charge in [0, 0.05) is 6.42 Å². The molecule has 2 N–H and O–H groups in total. The van der Waals surface area contributed by atoms with Gasteiger partial charge >= 0.3 is 11.9 Å². The lowest BCUT2D eigenvalue weighted by Gasteiger charge is -2.23. The summed E-state index contributed by atoms with van der Waals surface area (Å²) in [5.41, 5.74) is 0.109. The lowest BCUT2D eigenvalue weighted by molar-refractivity contribution is -0.148. The first-order valence-corrected chi connectivity index (χ1v) is 6.64. The molecule has 0 spiro atoms. The molecule has 6 nitrogen and oxygen atoms in total. The van der Waals surface area contributed by atoms with Crippen LogP contribution < -0.4 is 5.32 Å². The normalized spacial score (nSPS) is 14.2. The van der Waals surface area contributed by atoms with E-state index in [-0.39, 0.29) is 30.1 Å². The minimum Gasteiger partial charge on any atom is -0.480 e. The lowest BCUT2D eigenvalue weighted by atomic mass is 9.84. The van der Waals surface area contributed by atoms with Crippen LogP contribution in [0.4, 0.5) is 0 Å². The van der Waals surface area contributed by atoms with Gasteiger partial charge in [-0.15, -0.1) is 0 Å². The second kappa shape index (κ2) is 7.87. The Hall–Kier alpha value is -1.59. The quantitative estimate of drug-likeness (QED) is 0.693. The first-order valence-electron chi connectivity index (χ1n) is 6.64. The van der Waals surface area contributed by atoms with E-state index in [1.807, 2.05) is 6.92 Å². The van der Waals surface area contributed by atoms with Gasteiger partial charge in [0.15, 0.2) is 0 Å². The Balaban J connectivity index is 4.40. The summed E-state index contributed by atoms with van der Waals surface area (Å²) in [6.45, 7) is 8.19. The van der Waals surface area contributed by atoms with Crippen molar-refractivity contribution in [2.24, 2.45) is 11.3 Å². The Morgan fingerprint density at radius 1 is 1.20 bits per heavy atom. The topological polar surface area (TPSA) is 92.7 Å². The number of ether oxygens (including phenoxy) is 1. The number of hydrogen-bond donors (Lipinski definition) is 2. The summed E-state index contributed by atoms with van der Waals surface area (Å²) < 4.78 is 4.41. The van der Waals surface area contributed by atoms with Crippen LogP contribution in [0.1, 0.15) is 47.0 Å². The van der Waals surface area contributed by atoms with Crippen molar-refractivity contribution in [2.75, 3.05) is 7.11 Å². The van der Waals surface area contributed by atoms with Crippen molar-refractivity contribution in [3.63, 3.8) is 0 Å². The molecule has 0 aromatic heterocycles. The van der Waals surface area contributed by atoms with Gasteiger partial charge < -0.3 is 15.2 Å². The Kier molecular flexibility index (Phi) is 7.24. The number of aliphatic carboxylic acids is 1. The van der Waals surface area contributed by atoms with Gasteiger partial charge in [0.25, 0.3) is 0 Å². The molecule has 0 saturated carbocycles. The molecule has 0 aliphatic carbocycles. The summed E-state index contributed by atoms with van der Waals surface area (Å²) in [6.07, 6.45) is 0.725. The monoisotopic (exact) mass is 287 g/mol. The van der Waals surface area contributed by atoms with Crippen molar-refractivity contribution in [3.05, 3.63) is 0 Å². The fourth-order valence-electron chi connectivity index (χ4n) is 2.14. The molecule has 6 heteroatoms. The highest BCUT2D eigenvalue weighted by Gasteiger charge is 2.25. The molecule has 0 bridgehead atoms. The maximum absolute atomic E-state index is 11.8. The standard InChI is InChI=1S/C14H25NO5/c1-9(8-14(2,3)4)6-11(16)15-10(13(18)19)7-12(17)20-5/h9-10H,6-8H2,1-5H3,(H,15,16)(H,18,19)/t9?,10-/m0/s1. The third kappa shape index (κ3) is 8.50. The predicted molar refractivity (Wildman–Crippen MR) is 74.1 cm³/mol. The highest BCUT2D eigenvalue weighted by atomic mass is 16.5. The average Bonchev–Trinajstić information content (AvgIpc) is 2.24. The highest BCUT2D eigenvalue weighted by molar-refractivity contribution is 5.87. The van der Waals surface area contributed by atoms with Gasteiger partial charge in [0.05, 0.1) is 13.5 Å². The van der Waals surface area contributed by atoms with Crippen LogP contribution in [0.25, 0.3) is 0 Å². The molecule has 0 aliphatic rings. The number of amides is 1. The van der Waals surface area contributed by atoms with Gasteiger partial charge in [-0.3, -0.25) is 9.59 Å². The predicted octanol–water partition coefficient (Wildman–Crippen LogP) is 1.58. The van der Waals surface area contributed by atoms with E-state index >= 15 is 0 Å². The zero-order chi connectivity index (χ0) is 15.9. The van der Waals surface area contributed by atoms with Crippen molar-refractivity contribution < 1.29 is 24.2 Å². The van der Waals surface area contributed by atoms with Crippen LogP contribution in [0.3, 0.4) is 0 Å². The van der Waals surface area contributed by atoms with Crippen LogP contribution in [-0.2, 0) is 19.1 Å². The Morgan fingerprint density at radius 2 is 1.75 bits per heavy atom. The van der Waals surface area contributed by atoms with Gasteiger partial charge in [0.2, 0.25) is 5.91 Å². The number of carbonyl (C=O) groups excluding carboxylic acids is 2. The molecule has 116 valence electrons. The van der Waals surface area contributed by atoms with Crippen molar-refractivity contribution in [1.82, 2.24) is 5.32 Å². The SMILES string of the molecule is COC(=O)C[C@H](NC(=O)CC(C)CC(C)(C)C)C(=O)O. The maximum atomic E-state index is 11.8. The molecule has 2 atom stereocenters. The molecular formula is C14H25NO5. The molecule has 0 saturated heterocycles. The van der Waals surface area contributed by atoms with Crippen LogP contribution in [0.15, 0.2) is 0 Å². The summed E-state index contributed by atoms with van der Waals surface area (Å²) in [5, 5.41) is 11.3. The summed E-state index contributed by atoms with van der Waals surface area (Å²) in [7, 11) is 1.18. The van der Waals surface area contributed by atoms with Gasteiger partial charge in [-0.05, 0) is 17.8 Å². The summed E-state index contributed by atoms with van der Waals surface area (Å²) >= 11 is 0.